The van der Waals surface area contributed by atoms with Crippen LogP contribution in [-0.4, -0.2) is 12.1 Å². The van der Waals surface area contributed by atoms with E-state index in [2.05, 4.69) is 15.9 Å². The Morgan fingerprint density at radius 2 is 2.15 bits per heavy atom. The fraction of sp³-hybridized carbons (Fsp3) is 0.111. The molecule has 0 heterocycles. The first kappa shape index (κ1) is 10.1. The minimum Gasteiger partial charge on any atom is -0.298 e. The number of ketones is 1. The number of rotatable bonds is 2. The Kier molecular flexibility index (Phi) is 2.93. The van der Waals surface area contributed by atoms with Crippen LogP contribution in [0.3, 0.4) is 0 Å². The van der Waals surface area contributed by atoms with E-state index in [-0.39, 0.29) is 16.9 Å². The molecule has 0 amide bonds. The van der Waals surface area contributed by atoms with Gasteiger partial charge in [0.25, 0.3) is 0 Å². The molecule has 0 N–H and O–H groups in total. The monoisotopic (exact) mass is 244 g/mol. The van der Waals surface area contributed by atoms with Crippen molar-refractivity contribution in [3.8, 4) is 0 Å². The van der Waals surface area contributed by atoms with Crippen molar-refractivity contribution in [2.75, 3.05) is 0 Å². The topological polar surface area (TPSA) is 34.1 Å². The van der Waals surface area contributed by atoms with Gasteiger partial charge in [0.05, 0.1) is 5.56 Å². The third-order valence-corrected chi connectivity index (χ3v) is 2.18. The van der Waals surface area contributed by atoms with Gasteiger partial charge in [0, 0.05) is 10.0 Å². The zero-order valence-electron chi connectivity index (χ0n) is 6.80. The predicted octanol–water partition coefficient (Wildman–Crippen LogP) is 2.60. The van der Waals surface area contributed by atoms with Crippen LogP contribution in [0.1, 0.15) is 27.6 Å². The molecule has 13 heavy (non-hydrogen) atoms. The van der Waals surface area contributed by atoms with E-state index in [1.807, 2.05) is 0 Å². The number of Topliss-reactive ketones (excluding diaryl/α,β-unsaturated/α-hetero) is 1. The van der Waals surface area contributed by atoms with Gasteiger partial charge in [0.2, 0.25) is 0 Å². The van der Waals surface area contributed by atoms with E-state index in [0.29, 0.717) is 10.8 Å². The molecule has 0 aromatic heterocycles. The molecule has 4 heteroatoms. The van der Waals surface area contributed by atoms with E-state index in [1.165, 1.54) is 13.0 Å². The maximum absolute atomic E-state index is 13.1. The summed E-state index contributed by atoms with van der Waals surface area (Å²) in [6.07, 6.45) is 0.526. The van der Waals surface area contributed by atoms with E-state index in [0.717, 1.165) is 6.07 Å². The number of hydrogen-bond donors (Lipinski definition) is 0. The molecule has 0 atom stereocenters. The van der Waals surface area contributed by atoms with Crippen LogP contribution in [0.4, 0.5) is 4.39 Å². The second-order valence-electron chi connectivity index (χ2n) is 2.53. The quantitative estimate of drug-likeness (QED) is 0.592. The maximum atomic E-state index is 13.1. The summed E-state index contributed by atoms with van der Waals surface area (Å²) in [6, 6.07) is 2.45. The summed E-state index contributed by atoms with van der Waals surface area (Å²) >= 11 is 3.02. The molecule has 68 valence electrons. The Bertz CT molecular complexity index is 351. The van der Waals surface area contributed by atoms with Gasteiger partial charge in [0.1, 0.15) is 12.1 Å². The van der Waals surface area contributed by atoms with Crippen LogP contribution in [0.2, 0.25) is 0 Å². The Morgan fingerprint density at radius 1 is 1.54 bits per heavy atom. The molecule has 0 aliphatic carbocycles. The molecular formula is C9H6BrFO2. The largest absolute Gasteiger partial charge is 0.298 e. The molecular weight excluding hydrogens is 239 g/mol. The highest BCUT2D eigenvalue weighted by Crippen LogP contribution is 2.21. The summed E-state index contributed by atoms with van der Waals surface area (Å²) in [4.78, 5) is 21.2. The minimum atomic E-state index is -0.677. The highest BCUT2D eigenvalue weighted by molar-refractivity contribution is 9.10. The van der Waals surface area contributed by atoms with Gasteiger partial charge in [-0.2, -0.15) is 0 Å². The zero-order valence-corrected chi connectivity index (χ0v) is 8.39. The van der Waals surface area contributed by atoms with Crippen molar-refractivity contribution in [1.29, 1.82) is 0 Å². The molecule has 0 aliphatic rings. The summed E-state index contributed by atoms with van der Waals surface area (Å²) in [5.41, 5.74) is 0.181. The second kappa shape index (κ2) is 3.79. The summed E-state index contributed by atoms with van der Waals surface area (Å²) < 4.78 is 13.4. The molecule has 0 fully saturated rings. The van der Waals surface area contributed by atoms with Crippen LogP contribution in [0.5, 0.6) is 0 Å². The normalized spacial score (nSPS) is 9.77. The van der Waals surface area contributed by atoms with Gasteiger partial charge in [-0.25, -0.2) is 4.39 Å². The van der Waals surface area contributed by atoms with Gasteiger partial charge in [-0.15, -0.1) is 0 Å². The van der Waals surface area contributed by atoms with Crippen molar-refractivity contribution in [3.05, 3.63) is 33.5 Å². The molecule has 0 spiro atoms. The van der Waals surface area contributed by atoms with E-state index in [1.54, 1.807) is 0 Å². The van der Waals surface area contributed by atoms with E-state index < -0.39 is 5.82 Å². The van der Waals surface area contributed by atoms with Crippen LogP contribution in [0.25, 0.3) is 0 Å². The Balaban J connectivity index is 3.39. The summed E-state index contributed by atoms with van der Waals surface area (Å²) in [6.45, 7) is 1.27. The molecule has 0 bridgehead atoms. The summed E-state index contributed by atoms with van der Waals surface area (Å²) in [5, 5.41) is 0. The van der Waals surface area contributed by atoms with E-state index in [4.69, 9.17) is 0 Å². The molecule has 1 aromatic rings. The van der Waals surface area contributed by atoms with Crippen LogP contribution < -0.4 is 0 Å². The minimum absolute atomic E-state index is 0.0226. The van der Waals surface area contributed by atoms with Crippen LogP contribution in [-0.2, 0) is 0 Å². The number of carbonyl (C=O) groups excluding carboxylic acids is 2. The van der Waals surface area contributed by atoms with Gasteiger partial charge >= 0.3 is 0 Å². The number of aldehydes is 1. The Hall–Kier alpha value is -1.03. The van der Waals surface area contributed by atoms with Gasteiger partial charge in [-0.3, -0.25) is 9.59 Å². The van der Waals surface area contributed by atoms with Crippen LogP contribution >= 0.6 is 15.9 Å². The average Bonchev–Trinajstić information content (AvgIpc) is 2.02. The lowest BCUT2D eigenvalue weighted by atomic mass is 10.1. The average molecular weight is 245 g/mol. The molecule has 2 nitrogen and oxygen atoms in total. The number of hydrogen-bond acceptors (Lipinski definition) is 2. The second-order valence-corrected chi connectivity index (χ2v) is 3.39. The van der Waals surface area contributed by atoms with Crippen molar-refractivity contribution >= 4 is 28.0 Å². The molecule has 0 radical (unpaired) electrons. The molecule has 1 aromatic carbocycles. The first-order chi connectivity index (χ1) is 6.06. The highest BCUT2D eigenvalue weighted by Gasteiger charge is 2.12. The lowest BCUT2D eigenvalue weighted by Gasteiger charge is -2.02. The SMILES string of the molecule is CC(=O)c1c(F)cc(C=O)cc1Br. The van der Waals surface area contributed by atoms with Gasteiger partial charge < -0.3 is 0 Å². The van der Waals surface area contributed by atoms with Crippen molar-refractivity contribution in [3.63, 3.8) is 0 Å². The smallest absolute Gasteiger partial charge is 0.163 e. The van der Waals surface area contributed by atoms with Crippen molar-refractivity contribution < 1.29 is 14.0 Å². The number of benzene rings is 1. The molecule has 0 unspecified atom stereocenters. The molecule has 0 saturated heterocycles. The molecule has 0 saturated carbocycles. The van der Waals surface area contributed by atoms with E-state index in [9.17, 15) is 14.0 Å². The van der Waals surface area contributed by atoms with Crippen LogP contribution in [0.15, 0.2) is 16.6 Å². The third kappa shape index (κ3) is 2.01. The van der Waals surface area contributed by atoms with E-state index >= 15 is 0 Å². The molecule has 0 aliphatic heterocycles. The standard InChI is InChI=1S/C9H6BrFO2/c1-5(13)9-7(10)2-6(4-12)3-8(9)11/h2-4H,1H3. The number of halogens is 2. The zero-order chi connectivity index (χ0) is 10.0. The Labute approximate surface area is 82.9 Å². The summed E-state index contributed by atoms with van der Waals surface area (Å²) in [5.74, 6) is -1.05. The molecule has 1 rings (SSSR count). The van der Waals surface area contributed by atoms with Gasteiger partial charge in [-0.05, 0) is 35.0 Å². The summed E-state index contributed by atoms with van der Waals surface area (Å²) in [7, 11) is 0. The van der Waals surface area contributed by atoms with Crippen molar-refractivity contribution in [2.24, 2.45) is 0 Å². The predicted molar refractivity (Wildman–Crippen MR) is 49.5 cm³/mol. The lowest BCUT2D eigenvalue weighted by molar-refractivity contribution is 0.101. The fourth-order valence-electron chi connectivity index (χ4n) is 0.997. The van der Waals surface area contributed by atoms with Crippen molar-refractivity contribution in [1.82, 2.24) is 0 Å². The van der Waals surface area contributed by atoms with Gasteiger partial charge in [-0.1, -0.05) is 0 Å². The highest BCUT2D eigenvalue weighted by atomic mass is 79.9. The number of carbonyl (C=O) groups is 2. The first-order valence-corrected chi connectivity index (χ1v) is 4.30. The first-order valence-electron chi connectivity index (χ1n) is 3.51. The fourth-order valence-corrected chi connectivity index (χ4v) is 1.73. The van der Waals surface area contributed by atoms with Crippen molar-refractivity contribution in [2.45, 2.75) is 6.92 Å². The van der Waals surface area contributed by atoms with Crippen LogP contribution in [0, 0.1) is 5.82 Å². The third-order valence-electron chi connectivity index (χ3n) is 1.55. The maximum Gasteiger partial charge on any atom is 0.163 e. The van der Waals surface area contributed by atoms with Gasteiger partial charge in [0.15, 0.2) is 5.78 Å². The Morgan fingerprint density at radius 3 is 2.54 bits per heavy atom. The lowest BCUT2D eigenvalue weighted by Crippen LogP contribution is -2.00.